The highest BCUT2D eigenvalue weighted by atomic mass is 32.1. The van der Waals surface area contributed by atoms with Crippen LogP contribution in [0.1, 0.15) is 31.8 Å². The summed E-state index contributed by atoms with van der Waals surface area (Å²) in [6.07, 6.45) is -4.76. The van der Waals surface area contributed by atoms with Gasteiger partial charge in [-0.25, -0.2) is 4.39 Å². The number of amides is 2. The predicted molar refractivity (Wildman–Crippen MR) is 101 cm³/mol. The summed E-state index contributed by atoms with van der Waals surface area (Å²) < 4.78 is 52.5. The van der Waals surface area contributed by atoms with Gasteiger partial charge >= 0.3 is 6.18 Å². The number of alkyl halides is 3. The summed E-state index contributed by atoms with van der Waals surface area (Å²) in [5.74, 6) is -2.11. The summed E-state index contributed by atoms with van der Waals surface area (Å²) in [6, 6.07) is 10.0. The lowest BCUT2D eigenvalue weighted by atomic mass is 10.1. The summed E-state index contributed by atoms with van der Waals surface area (Å²) in [6.45, 7) is -0.458. The van der Waals surface area contributed by atoms with Crippen molar-refractivity contribution < 1.29 is 27.2 Å². The first-order valence-electron chi connectivity index (χ1n) is 8.32. The molecule has 0 saturated heterocycles. The molecule has 1 aromatic heterocycles. The van der Waals surface area contributed by atoms with Gasteiger partial charge in [0, 0.05) is 11.9 Å². The van der Waals surface area contributed by atoms with Crippen LogP contribution in [0, 0.1) is 5.82 Å². The fraction of sp³-hybridized carbons (Fsp3) is 0.100. The zero-order chi connectivity index (χ0) is 21.0. The molecule has 0 unspecified atom stereocenters. The van der Waals surface area contributed by atoms with Crippen molar-refractivity contribution in [2.75, 3.05) is 5.32 Å². The van der Waals surface area contributed by atoms with E-state index >= 15 is 0 Å². The Kier molecular flexibility index (Phi) is 5.97. The highest BCUT2D eigenvalue weighted by molar-refractivity contribution is 7.08. The van der Waals surface area contributed by atoms with Crippen LogP contribution in [0.3, 0.4) is 0 Å². The minimum Gasteiger partial charge on any atom is -0.348 e. The number of anilines is 1. The Bertz CT molecular complexity index is 1030. The van der Waals surface area contributed by atoms with Gasteiger partial charge in [0.05, 0.1) is 22.4 Å². The number of benzene rings is 2. The Morgan fingerprint density at radius 2 is 1.76 bits per heavy atom. The van der Waals surface area contributed by atoms with E-state index in [2.05, 4.69) is 10.6 Å². The summed E-state index contributed by atoms with van der Waals surface area (Å²) in [7, 11) is 0. The quantitative estimate of drug-likeness (QED) is 0.563. The summed E-state index contributed by atoms with van der Waals surface area (Å²) in [5.41, 5.74) is -0.696. The Morgan fingerprint density at radius 3 is 2.45 bits per heavy atom. The molecule has 4 nitrogen and oxygen atoms in total. The molecule has 2 N–H and O–H groups in total. The molecule has 0 saturated carbocycles. The van der Waals surface area contributed by atoms with Crippen LogP contribution in [0.2, 0.25) is 0 Å². The molecule has 0 aliphatic rings. The number of thiophene rings is 1. The molecule has 3 rings (SSSR count). The molecule has 0 bridgehead atoms. The number of nitrogens with one attached hydrogen (secondary N) is 2. The van der Waals surface area contributed by atoms with Crippen molar-refractivity contribution in [1.82, 2.24) is 5.32 Å². The Hall–Kier alpha value is -3.20. The van der Waals surface area contributed by atoms with E-state index in [9.17, 15) is 27.2 Å². The predicted octanol–water partition coefficient (Wildman–Crippen LogP) is 5.09. The molecule has 29 heavy (non-hydrogen) atoms. The number of rotatable bonds is 5. The Labute approximate surface area is 167 Å². The lowest BCUT2D eigenvalue weighted by Crippen LogP contribution is -2.26. The molecule has 0 fully saturated rings. The van der Waals surface area contributed by atoms with Gasteiger partial charge in [-0.1, -0.05) is 18.2 Å². The number of halogens is 4. The number of hydrogen-bond donors (Lipinski definition) is 2. The molecule has 3 aromatic rings. The molecule has 1 heterocycles. The highest BCUT2D eigenvalue weighted by Gasteiger charge is 2.33. The number of carbonyl (C=O) groups excluding carboxylic acids is 2. The van der Waals surface area contributed by atoms with Crippen LogP contribution in [-0.2, 0) is 12.7 Å². The van der Waals surface area contributed by atoms with Gasteiger partial charge in [-0.2, -0.15) is 24.5 Å². The van der Waals surface area contributed by atoms with Crippen molar-refractivity contribution in [3.05, 3.63) is 87.4 Å². The van der Waals surface area contributed by atoms with E-state index in [-0.39, 0.29) is 16.8 Å². The third kappa shape index (κ3) is 5.00. The maximum Gasteiger partial charge on any atom is 0.416 e. The van der Waals surface area contributed by atoms with Gasteiger partial charge < -0.3 is 10.6 Å². The SMILES string of the molecule is O=C(Nc1ccccc1C(=O)NCc1ccc(F)cc1C(F)(F)F)c1ccsc1. The van der Waals surface area contributed by atoms with Gasteiger partial charge in [0.15, 0.2) is 0 Å². The van der Waals surface area contributed by atoms with E-state index in [4.69, 9.17) is 0 Å². The van der Waals surface area contributed by atoms with Gasteiger partial charge in [-0.05, 0) is 41.3 Å². The molecule has 2 amide bonds. The zero-order valence-corrected chi connectivity index (χ0v) is 15.5. The fourth-order valence-electron chi connectivity index (χ4n) is 2.62. The molecule has 9 heteroatoms. The monoisotopic (exact) mass is 422 g/mol. The molecule has 0 atom stereocenters. The average Bonchev–Trinajstić information content (AvgIpc) is 3.21. The van der Waals surface area contributed by atoms with E-state index in [1.807, 2.05) is 0 Å². The van der Waals surface area contributed by atoms with Crippen LogP contribution in [0.4, 0.5) is 23.2 Å². The lowest BCUT2D eigenvalue weighted by Gasteiger charge is -2.15. The molecule has 2 aromatic carbocycles. The highest BCUT2D eigenvalue weighted by Crippen LogP contribution is 2.32. The minimum atomic E-state index is -4.76. The van der Waals surface area contributed by atoms with Crippen molar-refractivity contribution in [2.24, 2.45) is 0 Å². The summed E-state index contributed by atoms with van der Waals surface area (Å²) in [5, 5.41) is 8.37. The van der Waals surface area contributed by atoms with Crippen LogP contribution in [0.25, 0.3) is 0 Å². The summed E-state index contributed by atoms with van der Waals surface area (Å²) in [4.78, 5) is 24.7. The van der Waals surface area contributed by atoms with Gasteiger partial charge in [-0.3, -0.25) is 9.59 Å². The topological polar surface area (TPSA) is 58.2 Å². The molecule has 0 aliphatic heterocycles. The van der Waals surface area contributed by atoms with Gasteiger partial charge in [0.25, 0.3) is 11.8 Å². The molecular formula is C20H14F4N2O2S. The Balaban J connectivity index is 1.77. The maximum atomic E-state index is 13.2. The van der Waals surface area contributed by atoms with E-state index in [1.165, 1.54) is 23.5 Å². The lowest BCUT2D eigenvalue weighted by molar-refractivity contribution is -0.138. The standard InChI is InChI=1S/C20H14F4N2O2S/c21-14-6-5-12(16(9-14)20(22,23)24)10-25-19(28)15-3-1-2-4-17(15)26-18(27)13-7-8-29-11-13/h1-9,11H,10H2,(H,25,28)(H,26,27). The molecule has 0 spiro atoms. The van der Waals surface area contributed by atoms with Crippen LogP contribution in [0.15, 0.2) is 59.3 Å². The number of para-hydroxylation sites is 1. The van der Waals surface area contributed by atoms with Crippen LogP contribution >= 0.6 is 11.3 Å². The van der Waals surface area contributed by atoms with E-state index < -0.39 is 35.9 Å². The Morgan fingerprint density at radius 1 is 1.00 bits per heavy atom. The molecular weight excluding hydrogens is 408 g/mol. The molecule has 0 radical (unpaired) electrons. The average molecular weight is 422 g/mol. The van der Waals surface area contributed by atoms with Gasteiger partial charge in [0.1, 0.15) is 5.82 Å². The van der Waals surface area contributed by atoms with Gasteiger partial charge in [0.2, 0.25) is 0 Å². The minimum absolute atomic E-state index is 0.0896. The first-order chi connectivity index (χ1) is 13.8. The van der Waals surface area contributed by atoms with Gasteiger partial charge in [-0.15, -0.1) is 0 Å². The third-order valence-electron chi connectivity index (χ3n) is 4.02. The van der Waals surface area contributed by atoms with Crippen LogP contribution in [-0.4, -0.2) is 11.8 Å². The van der Waals surface area contributed by atoms with E-state index in [1.54, 1.807) is 29.0 Å². The fourth-order valence-corrected chi connectivity index (χ4v) is 3.25. The largest absolute Gasteiger partial charge is 0.416 e. The van der Waals surface area contributed by atoms with Crippen molar-refractivity contribution in [3.8, 4) is 0 Å². The molecule has 0 aliphatic carbocycles. The number of hydrogen-bond acceptors (Lipinski definition) is 3. The first kappa shape index (κ1) is 20.5. The van der Waals surface area contributed by atoms with Crippen molar-refractivity contribution >= 4 is 28.8 Å². The smallest absolute Gasteiger partial charge is 0.348 e. The second kappa shape index (κ2) is 8.44. The molecule has 150 valence electrons. The maximum absolute atomic E-state index is 13.2. The summed E-state index contributed by atoms with van der Waals surface area (Å²) >= 11 is 1.34. The van der Waals surface area contributed by atoms with E-state index in [0.717, 1.165) is 12.1 Å². The van der Waals surface area contributed by atoms with Crippen LogP contribution in [0.5, 0.6) is 0 Å². The third-order valence-corrected chi connectivity index (χ3v) is 4.70. The van der Waals surface area contributed by atoms with Crippen molar-refractivity contribution in [1.29, 1.82) is 0 Å². The normalized spacial score (nSPS) is 11.2. The van der Waals surface area contributed by atoms with Crippen LogP contribution < -0.4 is 10.6 Å². The zero-order valence-electron chi connectivity index (χ0n) is 14.7. The second-order valence-corrected chi connectivity index (χ2v) is 6.77. The van der Waals surface area contributed by atoms with E-state index in [0.29, 0.717) is 11.6 Å². The van der Waals surface area contributed by atoms with Crippen molar-refractivity contribution in [3.63, 3.8) is 0 Å². The number of carbonyl (C=O) groups is 2. The second-order valence-electron chi connectivity index (χ2n) is 5.99. The van der Waals surface area contributed by atoms with Crippen molar-refractivity contribution in [2.45, 2.75) is 12.7 Å². The first-order valence-corrected chi connectivity index (χ1v) is 9.26.